The van der Waals surface area contributed by atoms with Crippen LogP contribution in [0.5, 0.6) is 0 Å². The van der Waals surface area contributed by atoms with E-state index in [0.29, 0.717) is 0 Å². The van der Waals surface area contributed by atoms with E-state index in [1.54, 1.807) is 0 Å². The third-order valence-electron chi connectivity index (χ3n) is 4.00. The normalized spacial score (nSPS) is 24.8. The highest BCUT2D eigenvalue weighted by Gasteiger charge is 2.46. The molecule has 0 saturated heterocycles. The zero-order valence-corrected chi connectivity index (χ0v) is 12.4. The van der Waals surface area contributed by atoms with E-state index in [0.717, 1.165) is 6.42 Å². The maximum absolute atomic E-state index is 4.03. The summed E-state index contributed by atoms with van der Waals surface area (Å²) >= 11 is 4.03. The van der Waals surface area contributed by atoms with Gasteiger partial charge in [0, 0.05) is 0 Å². The monoisotopic (exact) mass is 300 g/mol. The molecule has 3 rings (SSSR count). The number of fused-ring (bicyclic) bond motifs is 1. The van der Waals surface area contributed by atoms with Gasteiger partial charge in [-0.25, -0.2) is 0 Å². The van der Waals surface area contributed by atoms with Crippen LogP contribution in [0.25, 0.3) is 0 Å². The standard InChI is InChI=1S/C17H17Br/c1-16(2)12-17(18,13-8-4-3-5-9-13)15-11-7-6-10-14(15)16/h3-11H,12H2,1-2H3. The molecule has 2 aromatic carbocycles. The number of halogens is 1. The number of hydrogen-bond donors (Lipinski definition) is 0. The minimum atomic E-state index is -0.0334. The first-order chi connectivity index (χ1) is 8.54. The van der Waals surface area contributed by atoms with Crippen molar-refractivity contribution < 1.29 is 0 Å². The quantitative estimate of drug-likeness (QED) is 0.650. The van der Waals surface area contributed by atoms with Crippen molar-refractivity contribution in [2.75, 3.05) is 0 Å². The lowest BCUT2D eigenvalue weighted by molar-refractivity contribution is 0.486. The van der Waals surface area contributed by atoms with Gasteiger partial charge in [-0.2, -0.15) is 0 Å². The van der Waals surface area contributed by atoms with Crippen molar-refractivity contribution in [3.05, 3.63) is 71.3 Å². The average Bonchev–Trinajstić information content (AvgIpc) is 2.60. The molecule has 0 bridgehead atoms. The largest absolute Gasteiger partial charge is 0.0765 e. The van der Waals surface area contributed by atoms with E-state index in [2.05, 4.69) is 84.4 Å². The van der Waals surface area contributed by atoms with E-state index in [1.165, 1.54) is 16.7 Å². The molecule has 1 heteroatoms. The van der Waals surface area contributed by atoms with Gasteiger partial charge in [-0.15, -0.1) is 0 Å². The van der Waals surface area contributed by atoms with Crippen molar-refractivity contribution >= 4 is 15.9 Å². The maximum Gasteiger partial charge on any atom is 0.0765 e. The van der Waals surface area contributed by atoms with Crippen LogP contribution in [0.1, 0.15) is 37.0 Å². The van der Waals surface area contributed by atoms with Crippen LogP contribution in [-0.2, 0) is 9.74 Å². The topological polar surface area (TPSA) is 0 Å². The second-order valence-electron chi connectivity index (χ2n) is 5.77. The maximum atomic E-state index is 4.03. The molecule has 1 unspecified atom stereocenters. The Kier molecular flexibility index (Phi) is 2.63. The molecule has 0 aromatic heterocycles. The van der Waals surface area contributed by atoms with Crippen molar-refractivity contribution in [2.24, 2.45) is 0 Å². The van der Waals surface area contributed by atoms with Crippen molar-refractivity contribution in [2.45, 2.75) is 30.0 Å². The summed E-state index contributed by atoms with van der Waals surface area (Å²) in [6.45, 7) is 4.66. The minimum Gasteiger partial charge on any atom is -0.0748 e. The zero-order valence-electron chi connectivity index (χ0n) is 10.8. The third-order valence-corrected chi connectivity index (χ3v) is 5.17. The molecule has 1 atom stereocenters. The highest BCUT2D eigenvalue weighted by Crippen LogP contribution is 2.56. The Morgan fingerprint density at radius 3 is 2.06 bits per heavy atom. The molecule has 0 N–H and O–H groups in total. The Bertz CT molecular complexity index is 571. The van der Waals surface area contributed by atoms with Gasteiger partial charge in [0.25, 0.3) is 0 Å². The van der Waals surface area contributed by atoms with Crippen molar-refractivity contribution in [1.82, 2.24) is 0 Å². The van der Waals surface area contributed by atoms with Gasteiger partial charge in [0.2, 0.25) is 0 Å². The number of benzene rings is 2. The molecular weight excluding hydrogens is 284 g/mol. The predicted molar refractivity (Wildman–Crippen MR) is 80.2 cm³/mol. The molecule has 0 fully saturated rings. The first-order valence-corrected chi connectivity index (χ1v) is 7.18. The van der Waals surface area contributed by atoms with Gasteiger partial charge < -0.3 is 0 Å². The smallest absolute Gasteiger partial charge is 0.0748 e. The summed E-state index contributed by atoms with van der Waals surface area (Å²) in [5.74, 6) is 0. The number of alkyl halides is 1. The van der Waals surface area contributed by atoms with Crippen LogP contribution in [0.15, 0.2) is 54.6 Å². The Balaban J connectivity index is 2.22. The molecule has 0 amide bonds. The van der Waals surface area contributed by atoms with Gasteiger partial charge in [0.15, 0.2) is 0 Å². The van der Waals surface area contributed by atoms with Crippen LogP contribution in [0, 0.1) is 0 Å². The predicted octanol–water partition coefficient (Wildman–Crippen LogP) is 5.01. The molecule has 92 valence electrons. The molecule has 0 nitrogen and oxygen atoms in total. The second-order valence-corrected chi connectivity index (χ2v) is 7.13. The van der Waals surface area contributed by atoms with Crippen molar-refractivity contribution in [3.63, 3.8) is 0 Å². The number of hydrogen-bond acceptors (Lipinski definition) is 0. The van der Waals surface area contributed by atoms with Crippen LogP contribution in [0.3, 0.4) is 0 Å². The van der Waals surface area contributed by atoms with Gasteiger partial charge in [0.05, 0.1) is 4.32 Å². The molecule has 0 heterocycles. The molecular formula is C17H17Br. The summed E-state index contributed by atoms with van der Waals surface area (Å²) < 4.78 is -0.0334. The summed E-state index contributed by atoms with van der Waals surface area (Å²) in [7, 11) is 0. The molecule has 0 spiro atoms. The van der Waals surface area contributed by atoms with E-state index in [1.807, 2.05) is 0 Å². The number of rotatable bonds is 1. The lowest BCUT2D eigenvalue weighted by Gasteiger charge is -2.26. The fraction of sp³-hybridized carbons (Fsp3) is 0.294. The second kappa shape index (κ2) is 3.96. The van der Waals surface area contributed by atoms with Crippen molar-refractivity contribution in [3.8, 4) is 0 Å². The first-order valence-electron chi connectivity index (χ1n) is 6.38. The molecule has 18 heavy (non-hydrogen) atoms. The first kappa shape index (κ1) is 12.0. The van der Waals surface area contributed by atoms with Crippen LogP contribution in [-0.4, -0.2) is 0 Å². The van der Waals surface area contributed by atoms with E-state index in [9.17, 15) is 0 Å². The highest BCUT2D eigenvalue weighted by molar-refractivity contribution is 9.09. The van der Waals surface area contributed by atoms with Crippen LogP contribution in [0.2, 0.25) is 0 Å². The Morgan fingerprint density at radius 2 is 1.39 bits per heavy atom. The van der Waals surface area contributed by atoms with Gasteiger partial charge >= 0.3 is 0 Å². The molecule has 1 aliphatic rings. The lowest BCUT2D eigenvalue weighted by atomic mass is 9.85. The third kappa shape index (κ3) is 1.65. The van der Waals surface area contributed by atoms with Crippen LogP contribution in [0.4, 0.5) is 0 Å². The van der Waals surface area contributed by atoms with E-state index in [4.69, 9.17) is 0 Å². The van der Waals surface area contributed by atoms with E-state index < -0.39 is 0 Å². The Labute approximate surface area is 117 Å². The van der Waals surface area contributed by atoms with Crippen molar-refractivity contribution in [1.29, 1.82) is 0 Å². The SMILES string of the molecule is CC1(C)CC(Br)(c2ccccc2)c2ccccc21. The van der Waals surface area contributed by atoms with E-state index in [-0.39, 0.29) is 9.74 Å². The molecule has 0 aliphatic heterocycles. The van der Waals surface area contributed by atoms with Gasteiger partial charge in [-0.3, -0.25) is 0 Å². The molecule has 0 radical (unpaired) electrons. The Morgan fingerprint density at radius 1 is 0.833 bits per heavy atom. The fourth-order valence-electron chi connectivity index (χ4n) is 3.18. The Hall–Kier alpha value is -1.08. The van der Waals surface area contributed by atoms with Gasteiger partial charge in [0.1, 0.15) is 0 Å². The lowest BCUT2D eigenvalue weighted by Crippen LogP contribution is -2.20. The summed E-state index contributed by atoms with van der Waals surface area (Å²) in [6.07, 6.45) is 1.10. The minimum absolute atomic E-state index is 0.0334. The van der Waals surface area contributed by atoms with E-state index >= 15 is 0 Å². The summed E-state index contributed by atoms with van der Waals surface area (Å²) in [5.41, 5.74) is 4.45. The fourth-order valence-corrected chi connectivity index (χ4v) is 4.49. The summed E-state index contributed by atoms with van der Waals surface area (Å²) in [6, 6.07) is 19.5. The average molecular weight is 301 g/mol. The molecule has 0 saturated carbocycles. The summed E-state index contributed by atoms with van der Waals surface area (Å²) in [5, 5.41) is 0. The zero-order chi connectivity index (χ0) is 12.8. The molecule has 2 aromatic rings. The highest BCUT2D eigenvalue weighted by atomic mass is 79.9. The van der Waals surface area contributed by atoms with Crippen LogP contribution < -0.4 is 0 Å². The van der Waals surface area contributed by atoms with Crippen LogP contribution >= 0.6 is 15.9 Å². The summed E-state index contributed by atoms with van der Waals surface area (Å²) in [4.78, 5) is 0. The molecule has 1 aliphatic carbocycles. The van der Waals surface area contributed by atoms with Gasteiger partial charge in [-0.05, 0) is 28.5 Å². The van der Waals surface area contributed by atoms with Gasteiger partial charge in [-0.1, -0.05) is 84.4 Å².